The van der Waals surface area contributed by atoms with Gasteiger partial charge in [0.15, 0.2) is 11.9 Å². The summed E-state index contributed by atoms with van der Waals surface area (Å²) in [6, 6.07) is 0. The number of carbonyl (C=O) groups is 3. The maximum atomic E-state index is 12.8. The Bertz CT molecular complexity index is 946. The van der Waals surface area contributed by atoms with Crippen molar-refractivity contribution in [1.82, 2.24) is 0 Å². The van der Waals surface area contributed by atoms with E-state index in [1.54, 1.807) is 6.92 Å². The van der Waals surface area contributed by atoms with Gasteiger partial charge in [-0.05, 0) is 51.2 Å². The van der Waals surface area contributed by atoms with E-state index in [0.29, 0.717) is 12.0 Å². The molecule has 0 aromatic rings. The van der Waals surface area contributed by atoms with Gasteiger partial charge in [0, 0.05) is 12.8 Å². The molecule has 0 fully saturated rings. The molecule has 0 aliphatic heterocycles. The van der Waals surface area contributed by atoms with Crippen LogP contribution in [0, 0.1) is 5.41 Å². The minimum atomic E-state index is -0.798. The van der Waals surface area contributed by atoms with E-state index in [2.05, 4.69) is 0 Å². The van der Waals surface area contributed by atoms with Gasteiger partial charge in [0.2, 0.25) is 0 Å². The molecular weight excluding hydrogens is 412 g/mol. The highest BCUT2D eigenvalue weighted by Gasteiger charge is 2.39. The first-order valence-corrected chi connectivity index (χ1v) is 11.4. The van der Waals surface area contributed by atoms with Crippen LogP contribution >= 0.6 is 0 Å². The van der Waals surface area contributed by atoms with Crippen LogP contribution in [0.1, 0.15) is 67.7 Å². The largest absolute Gasteiger partial charge is 0.454 e. The molecule has 33 heavy (non-hydrogen) atoms. The molecule has 0 bridgehead atoms. The first kappa shape index (κ1) is 28.0. The summed E-state index contributed by atoms with van der Waals surface area (Å²) in [5, 5.41) is 0. The molecule has 178 valence electrons. The highest BCUT2D eigenvalue weighted by atomic mass is 16.5. The average molecular weight is 451 g/mol. The molecule has 0 heterocycles. The summed E-state index contributed by atoms with van der Waals surface area (Å²) in [5.41, 5.74) is 3.44. The Morgan fingerprint density at radius 1 is 0.970 bits per heavy atom. The van der Waals surface area contributed by atoms with E-state index in [1.165, 1.54) is 6.92 Å². The van der Waals surface area contributed by atoms with E-state index in [1.807, 2.05) is 95.4 Å². The van der Waals surface area contributed by atoms with Gasteiger partial charge in [-0.2, -0.15) is 0 Å². The molecule has 1 rings (SSSR count). The Hall–Kier alpha value is -3.01. The van der Waals surface area contributed by atoms with Gasteiger partial charge in [-0.1, -0.05) is 85.8 Å². The molecule has 4 nitrogen and oxygen atoms in total. The normalized spacial score (nSPS) is 20.1. The van der Waals surface area contributed by atoms with E-state index in [-0.39, 0.29) is 29.8 Å². The molecule has 0 aromatic carbocycles. The zero-order valence-corrected chi connectivity index (χ0v) is 21.1. The highest BCUT2D eigenvalue weighted by molar-refractivity contribution is 6.01. The van der Waals surface area contributed by atoms with Crippen LogP contribution in [0.2, 0.25) is 0 Å². The van der Waals surface area contributed by atoms with E-state index in [4.69, 9.17) is 4.74 Å². The van der Waals surface area contributed by atoms with Gasteiger partial charge in [-0.15, -0.1) is 0 Å². The predicted molar refractivity (Wildman–Crippen MR) is 136 cm³/mol. The third-order valence-electron chi connectivity index (χ3n) is 5.45. The van der Waals surface area contributed by atoms with Gasteiger partial charge >= 0.3 is 5.97 Å². The maximum Gasteiger partial charge on any atom is 0.306 e. The molecule has 1 unspecified atom stereocenters. The Balaban J connectivity index is 2.91. The van der Waals surface area contributed by atoms with E-state index in [9.17, 15) is 14.4 Å². The topological polar surface area (TPSA) is 60.4 Å². The van der Waals surface area contributed by atoms with Crippen LogP contribution in [0.5, 0.6) is 0 Å². The van der Waals surface area contributed by atoms with Crippen molar-refractivity contribution in [1.29, 1.82) is 0 Å². The number of allylic oxidation sites excluding steroid dienone is 13. The summed E-state index contributed by atoms with van der Waals surface area (Å²) in [7, 11) is 0. The fourth-order valence-corrected chi connectivity index (χ4v) is 3.55. The number of Topliss-reactive ketones (excluding diaryl/α,β-unsaturated/α-hetero) is 2. The van der Waals surface area contributed by atoms with Gasteiger partial charge < -0.3 is 9.53 Å². The maximum absolute atomic E-state index is 12.8. The summed E-state index contributed by atoms with van der Waals surface area (Å²) < 4.78 is 5.42. The van der Waals surface area contributed by atoms with Crippen LogP contribution in [0.15, 0.2) is 83.1 Å². The molecule has 0 aromatic heterocycles. The zero-order chi connectivity index (χ0) is 25.0. The van der Waals surface area contributed by atoms with Crippen LogP contribution in [0.3, 0.4) is 0 Å². The number of hydrogen-bond donors (Lipinski definition) is 0. The molecule has 1 aliphatic carbocycles. The van der Waals surface area contributed by atoms with Crippen molar-refractivity contribution in [3.8, 4) is 0 Å². The molecule has 1 aliphatic rings. The number of esters is 1. The summed E-state index contributed by atoms with van der Waals surface area (Å²) >= 11 is 0. The van der Waals surface area contributed by atoms with Gasteiger partial charge in [-0.3, -0.25) is 9.59 Å². The molecule has 0 N–H and O–H groups in total. The molecule has 0 saturated carbocycles. The molecule has 0 radical (unpaired) electrons. The first-order valence-electron chi connectivity index (χ1n) is 11.4. The summed E-state index contributed by atoms with van der Waals surface area (Å²) in [6.07, 6.45) is 19.8. The van der Waals surface area contributed by atoms with Crippen LogP contribution in [0.4, 0.5) is 0 Å². The summed E-state index contributed by atoms with van der Waals surface area (Å²) in [5.74, 6) is -0.742. The molecule has 0 amide bonds. The third kappa shape index (κ3) is 9.98. The number of hydrogen-bond acceptors (Lipinski definition) is 4. The third-order valence-corrected chi connectivity index (χ3v) is 5.45. The van der Waals surface area contributed by atoms with Crippen molar-refractivity contribution in [3.05, 3.63) is 83.1 Å². The zero-order valence-electron chi connectivity index (χ0n) is 21.1. The Kier molecular flexibility index (Phi) is 11.5. The second-order valence-corrected chi connectivity index (χ2v) is 9.10. The van der Waals surface area contributed by atoms with E-state index >= 15 is 0 Å². The van der Waals surface area contributed by atoms with E-state index < -0.39 is 12.1 Å². The van der Waals surface area contributed by atoms with E-state index in [0.717, 1.165) is 16.7 Å². The van der Waals surface area contributed by atoms with Gasteiger partial charge in [0.05, 0.1) is 6.42 Å². The highest BCUT2D eigenvalue weighted by Crippen LogP contribution is 2.40. The lowest BCUT2D eigenvalue weighted by atomic mass is 9.71. The SMILES string of the molecule is C\C=C/C=C/C=C(C)/C=C/C=C(C)/C=C/C1=C(C)C(=O)C(OC(=O)CCC(C)=O)CC1(C)C. The van der Waals surface area contributed by atoms with Crippen LogP contribution in [-0.4, -0.2) is 23.6 Å². The second kappa shape index (κ2) is 13.5. The average Bonchev–Trinajstić information content (AvgIpc) is 2.73. The smallest absolute Gasteiger partial charge is 0.306 e. The number of carbonyl (C=O) groups excluding carboxylic acids is 3. The monoisotopic (exact) mass is 450 g/mol. The lowest BCUT2D eigenvalue weighted by Crippen LogP contribution is -2.39. The summed E-state index contributed by atoms with van der Waals surface area (Å²) in [4.78, 5) is 36.0. The Morgan fingerprint density at radius 2 is 1.61 bits per heavy atom. The molecular formula is C29H38O4. The first-order chi connectivity index (χ1) is 15.5. The Morgan fingerprint density at radius 3 is 2.24 bits per heavy atom. The molecule has 4 heteroatoms. The van der Waals surface area contributed by atoms with Crippen molar-refractivity contribution in [2.45, 2.75) is 73.8 Å². The van der Waals surface area contributed by atoms with Gasteiger partial charge in [-0.25, -0.2) is 0 Å². The lowest BCUT2D eigenvalue weighted by Gasteiger charge is -2.36. The molecule has 0 spiro atoms. The fraction of sp³-hybridized carbons (Fsp3) is 0.414. The van der Waals surface area contributed by atoms with Crippen molar-refractivity contribution < 1.29 is 19.1 Å². The number of ketones is 2. The van der Waals surface area contributed by atoms with Crippen molar-refractivity contribution >= 4 is 17.5 Å². The van der Waals surface area contributed by atoms with Crippen LogP contribution < -0.4 is 0 Å². The molecule has 0 saturated heterocycles. The van der Waals surface area contributed by atoms with Gasteiger partial charge in [0.1, 0.15) is 5.78 Å². The number of rotatable bonds is 10. The van der Waals surface area contributed by atoms with Crippen molar-refractivity contribution in [2.75, 3.05) is 0 Å². The quantitative estimate of drug-likeness (QED) is 0.274. The number of ether oxygens (including phenoxy) is 1. The fourth-order valence-electron chi connectivity index (χ4n) is 3.55. The minimum Gasteiger partial charge on any atom is -0.454 e. The van der Waals surface area contributed by atoms with Gasteiger partial charge in [0.25, 0.3) is 0 Å². The second-order valence-electron chi connectivity index (χ2n) is 9.10. The minimum absolute atomic E-state index is 0.00725. The van der Waals surface area contributed by atoms with Crippen molar-refractivity contribution in [3.63, 3.8) is 0 Å². The van der Waals surface area contributed by atoms with Crippen molar-refractivity contribution in [2.24, 2.45) is 5.41 Å². The lowest BCUT2D eigenvalue weighted by molar-refractivity contribution is -0.156. The molecule has 1 atom stereocenters. The van der Waals surface area contributed by atoms with Crippen LogP contribution in [-0.2, 0) is 19.1 Å². The Labute approximate surface area is 199 Å². The summed E-state index contributed by atoms with van der Waals surface area (Å²) in [6.45, 7) is 13.4. The predicted octanol–water partition coefficient (Wildman–Crippen LogP) is 6.72. The standard InChI is InChI=1S/C29H38O4/c1-8-9-10-11-13-21(2)14-12-15-22(3)16-18-25-24(5)28(32)26(20-29(25,6)7)33-27(31)19-17-23(4)30/h8-16,18,26H,17,19-20H2,1-7H3/b9-8-,11-10+,14-12+,18-16+,21-13+,22-15+. The van der Waals surface area contributed by atoms with Crippen LogP contribution in [0.25, 0.3) is 0 Å².